The molecule has 0 aliphatic heterocycles. The van der Waals surface area contributed by atoms with Crippen LogP contribution in [0.4, 0.5) is 10.5 Å². The topological polar surface area (TPSA) is 103 Å². The number of benzene rings is 1. The zero-order valence-electron chi connectivity index (χ0n) is 16.1. The van der Waals surface area contributed by atoms with Crippen LogP contribution in [-0.4, -0.2) is 23.0 Å². The minimum atomic E-state index is -0.724. The first-order valence-corrected chi connectivity index (χ1v) is 8.87. The van der Waals surface area contributed by atoms with Crippen LogP contribution in [0.5, 0.6) is 0 Å². The highest BCUT2D eigenvalue weighted by Gasteiger charge is 2.24. The number of aromatic nitrogens is 1. The minimum absolute atomic E-state index is 0.103. The molecule has 4 N–H and O–H groups in total. The molecule has 0 radical (unpaired) electrons. The quantitative estimate of drug-likeness (QED) is 0.628. The molecule has 1 heterocycles. The van der Waals surface area contributed by atoms with Crippen molar-refractivity contribution in [3.05, 3.63) is 63.6 Å². The Bertz CT molecular complexity index is 859. The highest BCUT2D eigenvalue weighted by molar-refractivity contribution is 5.93. The third-order valence-electron chi connectivity index (χ3n) is 4.20. The molecule has 144 valence electrons. The maximum Gasteiger partial charge on any atom is 0.319 e. The molecule has 7 heteroatoms. The third kappa shape index (κ3) is 5.70. The fourth-order valence-corrected chi connectivity index (χ4v) is 2.75. The molecule has 0 spiro atoms. The van der Waals surface area contributed by atoms with Gasteiger partial charge in [-0.1, -0.05) is 32.0 Å². The number of aryl methyl sites for hydroxylation is 2. The normalized spacial score (nSPS) is 11.7. The number of para-hydroxylation sites is 1. The summed E-state index contributed by atoms with van der Waals surface area (Å²) < 4.78 is 0. The number of carbonyl (C=O) groups is 2. The summed E-state index contributed by atoms with van der Waals surface area (Å²) in [6.07, 6.45) is 0. The Labute approximate surface area is 158 Å². The van der Waals surface area contributed by atoms with Crippen LogP contribution in [0.15, 0.2) is 41.2 Å². The molecular weight excluding hydrogens is 344 g/mol. The van der Waals surface area contributed by atoms with Gasteiger partial charge in [-0.2, -0.15) is 0 Å². The van der Waals surface area contributed by atoms with Crippen molar-refractivity contribution in [2.24, 2.45) is 5.92 Å². The van der Waals surface area contributed by atoms with Crippen LogP contribution in [0.2, 0.25) is 0 Å². The van der Waals surface area contributed by atoms with Crippen LogP contribution in [0.25, 0.3) is 0 Å². The van der Waals surface area contributed by atoms with Crippen LogP contribution in [0.1, 0.15) is 30.7 Å². The van der Waals surface area contributed by atoms with E-state index < -0.39 is 12.1 Å². The van der Waals surface area contributed by atoms with E-state index in [-0.39, 0.29) is 23.9 Å². The van der Waals surface area contributed by atoms with Gasteiger partial charge in [0.1, 0.15) is 6.04 Å². The van der Waals surface area contributed by atoms with Crippen LogP contribution < -0.4 is 21.5 Å². The Kier molecular flexibility index (Phi) is 6.76. The predicted octanol–water partition coefficient (Wildman–Crippen LogP) is 2.45. The lowest BCUT2D eigenvalue weighted by molar-refractivity contribution is -0.124. The Hall–Kier alpha value is -3.09. The number of hydrogen-bond acceptors (Lipinski definition) is 3. The molecule has 27 heavy (non-hydrogen) atoms. The molecule has 0 unspecified atom stereocenters. The van der Waals surface area contributed by atoms with Crippen molar-refractivity contribution in [1.82, 2.24) is 15.6 Å². The fraction of sp³-hybridized carbons (Fsp3) is 0.350. The van der Waals surface area contributed by atoms with Crippen molar-refractivity contribution in [2.45, 2.75) is 40.3 Å². The van der Waals surface area contributed by atoms with Crippen molar-refractivity contribution in [1.29, 1.82) is 0 Å². The van der Waals surface area contributed by atoms with Crippen molar-refractivity contribution in [3.63, 3.8) is 0 Å². The standard InChI is InChI=1S/C20H26N4O3/c1-12(2)17(24-20(27)23-15-8-6-5-7-9-15)19(26)21-11-16-13(3)10-14(4)22-18(16)25/h5-10,12,17H,11H2,1-4H3,(H,21,26)(H,22,25)(H2,23,24,27)/t17-/m1/s1. The first-order chi connectivity index (χ1) is 12.8. The van der Waals surface area contributed by atoms with E-state index in [2.05, 4.69) is 20.9 Å². The van der Waals surface area contributed by atoms with Crippen LogP contribution in [0.3, 0.4) is 0 Å². The maximum atomic E-state index is 12.6. The highest BCUT2D eigenvalue weighted by Crippen LogP contribution is 2.08. The molecule has 1 aromatic carbocycles. The summed E-state index contributed by atoms with van der Waals surface area (Å²) in [6.45, 7) is 7.43. The number of urea groups is 1. The number of anilines is 1. The van der Waals surface area contributed by atoms with Gasteiger partial charge >= 0.3 is 6.03 Å². The zero-order chi connectivity index (χ0) is 20.0. The number of rotatable bonds is 6. The van der Waals surface area contributed by atoms with E-state index in [9.17, 15) is 14.4 Å². The first kappa shape index (κ1) is 20.2. The molecule has 0 saturated carbocycles. The van der Waals surface area contributed by atoms with Crippen molar-refractivity contribution in [2.75, 3.05) is 5.32 Å². The van der Waals surface area contributed by atoms with E-state index in [1.54, 1.807) is 19.1 Å². The maximum absolute atomic E-state index is 12.6. The van der Waals surface area contributed by atoms with Gasteiger partial charge in [0.25, 0.3) is 5.56 Å². The SMILES string of the molecule is Cc1cc(C)c(CNC(=O)[C@H](NC(=O)Nc2ccccc2)C(C)C)c(=O)[nH]1. The number of amides is 3. The number of carbonyl (C=O) groups excluding carboxylic acids is 2. The van der Waals surface area contributed by atoms with Crippen molar-refractivity contribution >= 4 is 17.6 Å². The minimum Gasteiger partial charge on any atom is -0.350 e. The Morgan fingerprint density at radius 1 is 1.11 bits per heavy atom. The van der Waals surface area contributed by atoms with Crippen LogP contribution in [0, 0.1) is 19.8 Å². The number of pyridine rings is 1. The molecule has 3 amide bonds. The summed E-state index contributed by atoms with van der Waals surface area (Å²) in [5.41, 5.74) is 2.51. The van der Waals surface area contributed by atoms with Gasteiger partial charge in [0.05, 0.1) is 0 Å². The predicted molar refractivity (Wildman–Crippen MR) is 106 cm³/mol. The summed E-state index contributed by atoms with van der Waals surface area (Å²) in [7, 11) is 0. The summed E-state index contributed by atoms with van der Waals surface area (Å²) in [4.78, 5) is 39.6. The van der Waals surface area contributed by atoms with E-state index in [4.69, 9.17) is 0 Å². The van der Waals surface area contributed by atoms with Gasteiger partial charge in [-0.15, -0.1) is 0 Å². The summed E-state index contributed by atoms with van der Waals surface area (Å²) in [5, 5.41) is 8.14. The van der Waals surface area contributed by atoms with Crippen molar-refractivity contribution in [3.8, 4) is 0 Å². The monoisotopic (exact) mass is 370 g/mol. The Morgan fingerprint density at radius 2 is 1.78 bits per heavy atom. The van der Waals surface area contributed by atoms with Gasteiger partial charge in [0.15, 0.2) is 0 Å². The smallest absolute Gasteiger partial charge is 0.319 e. The molecule has 0 fully saturated rings. The number of aromatic amines is 1. The average molecular weight is 370 g/mol. The highest BCUT2D eigenvalue weighted by atomic mass is 16.2. The van der Waals surface area contributed by atoms with Gasteiger partial charge in [0.2, 0.25) is 5.91 Å². The Balaban J connectivity index is 2.00. The number of H-pyrrole nitrogens is 1. The zero-order valence-corrected chi connectivity index (χ0v) is 16.1. The molecule has 2 rings (SSSR count). The molecular formula is C20H26N4O3. The van der Waals surface area contributed by atoms with Gasteiger partial charge in [-0.25, -0.2) is 4.79 Å². The first-order valence-electron chi connectivity index (χ1n) is 8.87. The van der Waals surface area contributed by atoms with E-state index in [0.717, 1.165) is 11.3 Å². The fourth-order valence-electron chi connectivity index (χ4n) is 2.75. The molecule has 0 bridgehead atoms. The van der Waals surface area contributed by atoms with Crippen molar-refractivity contribution < 1.29 is 9.59 Å². The lowest BCUT2D eigenvalue weighted by Crippen LogP contribution is -2.51. The van der Waals surface area contributed by atoms with E-state index >= 15 is 0 Å². The largest absolute Gasteiger partial charge is 0.350 e. The van der Waals surface area contributed by atoms with Gasteiger partial charge < -0.3 is 20.9 Å². The lowest BCUT2D eigenvalue weighted by Gasteiger charge is -2.22. The number of hydrogen-bond donors (Lipinski definition) is 4. The molecule has 2 aromatic rings. The van der Waals surface area contributed by atoms with Gasteiger partial charge in [0, 0.05) is 23.5 Å². The van der Waals surface area contributed by atoms with E-state index in [0.29, 0.717) is 11.3 Å². The third-order valence-corrected chi connectivity index (χ3v) is 4.20. The van der Waals surface area contributed by atoms with Gasteiger partial charge in [-0.05, 0) is 43.5 Å². The summed E-state index contributed by atoms with van der Waals surface area (Å²) >= 11 is 0. The van der Waals surface area contributed by atoms with Gasteiger partial charge in [-0.3, -0.25) is 9.59 Å². The van der Waals surface area contributed by atoms with Crippen LogP contribution in [-0.2, 0) is 11.3 Å². The number of nitrogens with one attached hydrogen (secondary N) is 4. The second kappa shape index (κ2) is 9.02. The average Bonchev–Trinajstić information content (AvgIpc) is 2.59. The summed E-state index contributed by atoms with van der Waals surface area (Å²) in [6, 6.07) is 9.66. The second-order valence-corrected chi connectivity index (χ2v) is 6.85. The molecule has 0 saturated heterocycles. The van der Waals surface area contributed by atoms with E-state index in [1.165, 1.54) is 0 Å². The molecule has 0 aliphatic carbocycles. The summed E-state index contributed by atoms with van der Waals surface area (Å²) in [5.74, 6) is -0.462. The molecule has 7 nitrogen and oxygen atoms in total. The lowest BCUT2D eigenvalue weighted by atomic mass is 10.0. The Morgan fingerprint density at radius 3 is 2.37 bits per heavy atom. The second-order valence-electron chi connectivity index (χ2n) is 6.85. The van der Waals surface area contributed by atoms with Crippen LogP contribution >= 0.6 is 0 Å². The van der Waals surface area contributed by atoms with E-state index in [1.807, 2.05) is 45.0 Å². The molecule has 1 atom stereocenters. The molecule has 0 aliphatic rings. The molecule has 1 aromatic heterocycles.